The van der Waals surface area contributed by atoms with E-state index in [0.29, 0.717) is 23.7 Å². The molecule has 0 spiro atoms. The maximum atomic E-state index is 12.9. The molecule has 1 aromatic carbocycles. The molecule has 0 aliphatic carbocycles. The average Bonchev–Trinajstić information content (AvgIpc) is 3.23. The van der Waals surface area contributed by atoms with Gasteiger partial charge in [-0.2, -0.15) is 0 Å². The molecule has 1 amide bonds. The maximum Gasteiger partial charge on any atom is 0.253 e. The lowest BCUT2D eigenvalue weighted by Crippen LogP contribution is -2.49. The van der Waals surface area contributed by atoms with Crippen LogP contribution in [0.15, 0.2) is 55.0 Å². The van der Waals surface area contributed by atoms with E-state index in [-0.39, 0.29) is 5.91 Å². The van der Waals surface area contributed by atoms with Gasteiger partial charge >= 0.3 is 0 Å². The quantitative estimate of drug-likeness (QED) is 0.772. The molecule has 6 nitrogen and oxygen atoms in total. The molecule has 4 rings (SSSR count). The smallest absolute Gasteiger partial charge is 0.253 e. The Hall–Kier alpha value is -2.86. The number of carbonyl (C=O) groups is 1. The number of nitrogens with zero attached hydrogens (tertiary/aromatic N) is 4. The highest BCUT2D eigenvalue weighted by Crippen LogP contribution is 2.20. The third kappa shape index (κ3) is 3.41. The number of anilines is 1. The van der Waals surface area contributed by atoms with Crippen LogP contribution in [0.25, 0.3) is 11.4 Å². The van der Waals surface area contributed by atoms with Gasteiger partial charge in [-0.25, -0.2) is 9.97 Å². The van der Waals surface area contributed by atoms with E-state index >= 15 is 0 Å². The summed E-state index contributed by atoms with van der Waals surface area (Å²) >= 11 is 5.89. The van der Waals surface area contributed by atoms with Gasteiger partial charge < -0.3 is 14.8 Å². The van der Waals surface area contributed by atoms with Gasteiger partial charge in [0.1, 0.15) is 11.6 Å². The van der Waals surface area contributed by atoms with Gasteiger partial charge in [0.15, 0.2) is 0 Å². The van der Waals surface area contributed by atoms with E-state index in [2.05, 4.69) is 19.9 Å². The van der Waals surface area contributed by atoms with E-state index in [1.54, 1.807) is 18.6 Å². The SMILES string of the molecule is O=C(c1cccc(-c2ncc[nH]2)c1)N1CCN(c2ccc(Cl)cn2)CC1. The molecule has 2 aromatic heterocycles. The number of pyridine rings is 1. The van der Waals surface area contributed by atoms with Gasteiger partial charge in [0, 0.05) is 55.9 Å². The molecule has 1 N–H and O–H groups in total. The average molecular weight is 368 g/mol. The lowest BCUT2D eigenvalue weighted by atomic mass is 10.1. The highest BCUT2D eigenvalue weighted by atomic mass is 35.5. The molecule has 1 fully saturated rings. The Morgan fingerprint density at radius 2 is 1.92 bits per heavy atom. The number of carbonyl (C=O) groups excluding carboxylic acids is 1. The van der Waals surface area contributed by atoms with Crippen LogP contribution in [0.4, 0.5) is 5.82 Å². The highest BCUT2D eigenvalue weighted by Gasteiger charge is 2.23. The number of aromatic amines is 1. The van der Waals surface area contributed by atoms with Crippen molar-refractivity contribution in [1.82, 2.24) is 19.9 Å². The molecule has 26 heavy (non-hydrogen) atoms. The Morgan fingerprint density at radius 1 is 1.08 bits per heavy atom. The Kier molecular flexibility index (Phi) is 4.58. The van der Waals surface area contributed by atoms with E-state index in [1.807, 2.05) is 41.3 Å². The van der Waals surface area contributed by atoms with Crippen molar-refractivity contribution >= 4 is 23.3 Å². The second-order valence-corrected chi connectivity index (χ2v) is 6.57. The Balaban J connectivity index is 1.44. The normalized spacial score (nSPS) is 14.5. The van der Waals surface area contributed by atoms with E-state index < -0.39 is 0 Å². The molecular weight excluding hydrogens is 350 g/mol. The number of amides is 1. The molecule has 0 radical (unpaired) electrons. The molecule has 1 aliphatic heterocycles. The van der Waals surface area contributed by atoms with E-state index in [9.17, 15) is 4.79 Å². The number of rotatable bonds is 3. The largest absolute Gasteiger partial charge is 0.353 e. The molecule has 7 heteroatoms. The van der Waals surface area contributed by atoms with Gasteiger partial charge in [0.05, 0.1) is 5.02 Å². The minimum Gasteiger partial charge on any atom is -0.353 e. The minimum absolute atomic E-state index is 0.0436. The zero-order valence-electron chi connectivity index (χ0n) is 14.1. The third-order valence-corrected chi connectivity index (χ3v) is 4.71. The number of nitrogens with one attached hydrogen (secondary N) is 1. The predicted molar refractivity (Wildman–Crippen MR) is 101 cm³/mol. The Bertz CT molecular complexity index is 887. The van der Waals surface area contributed by atoms with Crippen molar-refractivity contribution < 1.29 is 4.79 Å². The van der Waals surface area contributed by atoms with Gasteiger partial charge in [-0.3, -0.25) is 4.79 Å². The second kappa shape index (κ2) is 7.17. The first-order valence-corrected chi connectivity index (χ1v) is 8.84. The van der Waals surface area contributed by atoms with Crippen LogP contribution in [-0.2, 0) is 0 Å². The summed E-state index contributed by atoms with van der Waals surface area (Å²) in [6.07, 6.45) is 5.12. The van der Waals surface area contributed by atoms with Crippen molar-refractivity contribution in [3.8, 4) is 11.4 Å². The molecule has 1 aliphatic rings. The lowest BCUT2D eigenvalue weighted by Gasteiger charge is -2.35. The second-order valence-electron chi connectivity index (χ2n) is 6.13. The topological polar surface area (TPSA) is 65.1 Å². The Labute approximate surface area is 156 Å². The summed E-state index contributed by atoms with van der Waals surface area (Å²) in [4.78, 5) is 28.6. The van der Waals surface area contributed by atoms with Crippen LogP contribution in [0, 0.1) is 0 Å². The number of H-pyrrole nitrogens is 1. The van der Waals surface area contributed by atoms with Gasteiger partial charge in [0.25, 0.3) is 5.91 Å². The number of piperazine rings is 1. The molecule has 0 saturated carbocycles. The molecule has 0 atom stereocenters. The molecule has 0 unspecified atom stereocenters. The summed E-state index contributed by atoms with van der Waals surface area (Å²) in [5.74, 6) is 1.70. The zero-order chi connectivity index (χ0) is 17.9. The first-order valence-electron chi connectivity index (χ1n) is 8.46. The molecule has 1 saturated heterocycles. The summed E-state index contributed by atoms with van der Waals surface area (Å²) in [5.41, 5.74) is 1.59. The molecular formula is C19H18ClN5O. The standard InChI is InChI=1S/C19H18ClN5O/c20-16-4-5-17(23-13-16)24-8-10-25(11-9-24)19(26)15-3-1-2-14(12-15)18-21-6-7-22-18/h1-7,12-13H,8-11H2,(H,21,22). The molecule has 132 valence electrons. The lowest BCUT2D eigenvalue weighted by molar-refractivity contribution is 0.0746. The Morgan fingerprint density at radius 3 is 2.62 bits per heavy atom. The third-order valence-electron chi connectivity index (χ3n) is 4.48. The van der Waals surface area contributed by atoms with Gasteiger partial charge in [0.2, 0.25) is 0 Å². The summed E-state index contributed by atoms with van der Waals surface area (Å²) in [6, 6.07) is 11.3. The number of hydrogen-bond acceptors (Lipinski definition) is 4. The van der Waals surface area contributed by atoms with E-state index in [1.165, 1.54) is 0 Å². The van der Waals surface area contributed by atoms with Crippen molar-refractivity contribution in [2.45, 2.75) is 0 Å². The fourth-order valence-electron chi connectivity index (χ4n) is 3.10. The van der Waals surface area contributed by atoms with Gasteiger partial charge in [-0.15, -0.1) is 0 Å². The van der Waals surface area contributed by atoms with Crippen LogP contribution in [0.3, 0.4) is 0 Å². The minimum atomic E-state index is 0.0436. The zero-order valence-corrected chi connectivity index (χ0v) is 14.9. The summed E-state index contributed by atoms with van der Waals surface area (Å²) in [7, 11) is 0. The summed E-state index contributed by atoms with van der Waals surface area (Å²) < 4.78 is 0. The van der Waals surface area contributed by atoms with Gasteiger partial charge in [-0.05, 0) is 24.3 Å². The molecule has 0 bridgehead atoms. The number of halogens is 1. The van der Waals surface area contributed by atoms with E-state index in [0.717, 1.165) is 30.3 Å². The van der Waals surface area contributed by atoms with Crippen molar-refractivity contribution in [1.29, 1.82) is 0 Å². The van der Waals surface area contributed by atoms with Crippen molar-refractivity contribution in [3.05, 3.63) is 65.6 Å². The summed E-state index contributed by atoms with van der Waals surface area (Å²) in [6.45, 7) is 2.82. The van der Waals surface area contributed by atoms with Crippen LogP contribution in [-0.4, -0.2) is 51.9 Å². The van der Waals surface area contributed by atoms with E-state index in [4.69, 9.17) is 11.6 Å². The van der Waals surface area contributed by atoms with Crippen molar-refractivity contribution in [3.63, 3.8) is 0 Å². The number of hydrogen-bond donors (Lipinski definition) is 1. The van der Waals surface area contributed by atoms with Crippen LogP contribution >= 0.6 is 11.6 Å². The van der Waals surface area contributed by atoms with Gasteiger partial charge in [-0.1, -0.05) is 23.7 Å². The van der Waals surface area contributed by atoms with Crippen LogP contribution in [0.5, 0.6) is 0 Å². The molecule has 3 heterocycles. The number of benzene rings is 1. The van der Waals surface area contributed by atoms with Crippen molar-refractivity contribution in [2.75, 3.05) is 31.1 Å². The predicted octanol–water partition coefficient (Wildman–Crippen LogP) is 3.09. The van der Waals surface area contributed by atoms with Crippen molar-refractivity contribution in [2.24, 2.45) is 0 Å². The maximum absolute atomic E-state index is 12.9. The first kappa shape index (κ1) is 16.6. The number of imidazole rings is 1. The van der Waals surface area contributed by atoms with Crippen LogP contribution in [0.2, 0.25) is 5.02 Å². The fraction of sp³-hybridized carbons (Fsp3) is 0.211. The summed E-state index contributed by atoms with van der Waals surface area (Å²) in [5, 5.41) is 0.624. The fourth-order valence-corrected chi connectivity index (χ4v) is 3.21. The monoisotopic (exact) mass is 367 g/mol. The highest BCUT2D eigenvalue weighted by molar-refractivity contribution is 6.30. The first-order chi connectivity index (χ1) is 12.7. The van der Waals surface area contributed by atoms with Crippen LogP contribution < -0.4 is 4.90 Å². The molecule has 3 aromatic rings. The number of aromatic nitrogens is 3. The van der Waals surface area contributed by atoms with Crippen LogP contribution in [0.1, 0.15) is 10.4 Å².